The molecule has 1 aliphatic rings. The Hall–Kier alpha value is -3.37. The highest BCUT2D eigenvalue weighted by atomic mass is 79.9. The Morgan fingerprint density at radius 1 is 1.22 bits per heavy atom. The van der Waals surface area contributed by atoms with Crippen LogP contribution in [0.1, 0.15) is 37.9 Å². The number of nitrogens with one attached hydrogen (secondary N) is 1. The van der Waals surface area contributed by atoms with E-state index in [9.17, 15) is 14.3 Å². The summed E-state index contributed by atoms with van der Waals surface area (Å²) in [5, 5.41) is 13.0. The van der Waals surface area contributed by atoms with Crippen molar-refractivity contribution in [1.29, 1.82) is 0 Å². The van der Waals surface area contributed by atoms with E-state index in [1.54, 1.807) is 63.6 Å². The van der Waals surface area contributed by atoms with Crippen molar-refractivity contribution in [3.8, 4) is 22.8 Å². The molecule has 0 amide bonds. The van der Waals surface area contributed by atoms with E-state index in [2.05, 4.69) is 36.2 Å². The normalized spacial score (nSPS) is 17.5. The highest BCUT2D eigenvalue weighted by molar-refractivity contribution is 9.10. The summed E-state index contributed by atoms with van der Waals surface area (Å²) in [5.41, 5.74) is 2.32. The van der Waals surface area contributed by atoms with Gasteiger partial charge in [-0.2, -0.15) is 0 Å². The first-order chi connectivity index (χ1) is 16.9. The second-order valence-electron chi connectivity index (χ2n) is 9.30. The van der Waals surface area contributed by atoms with E-state index in [0.29, 0.717) is 22.8 Å². The highest BCUT2D eigenvalue weighted by Gasteiger charge is 2.29. The number of hydrogen-bond acceptors (Lipinski definition) is 7. The van der Waals surface area contributed by atoms with Crippen molar-refractivity contribution < 1.29 is 14.2 Å². The summed E-state index contributed by atoms with van der Waals surface area (Å²) in [5.74, 6) is -1.37. The Labute approximate surface area is 216 Å². The molecule has 0 spiro atoms. The van der Waals surface area contributed by atoms with Crippen molar-refractivity contribution in [2.24, 2.45) is 0 Å². The lowest BCUT2D eigenvalue weighted by molar-refractivity contribution is 0.0688. The predicted molar refractivity (Wildman–Crippen MR) is 139 cm³/mol. The molecule has 2 N–H and O–H groups in total. The predicted octanol–water partition coefficient (Wildman–Crippen LogP) is 4.40. The van der Waals surface area contributed by atoms with Crippen LogP contribution in [0.25, 0.3) is 17.1 Å². The molecule has 3 aromatic heterocycles. The molecule has 0 bridgehead atoms. The number of alkyl halides is 1. The van der Waals surface area contributed by atoms with Gasteiger partial charge in [0.05, 0.1) is 17.1 Å². The van der Waals surface area contributed by atoms with Crippen LogP contribution in [-0.2, 0) is 5.60 Å². The molecule has 1 aliphatic heterocycles. The van der Waals surface area contributed by atoms with Gasteiger partial charge in [-0.3, -0.25) is 14.3 Å². The number of pyridine rings is 2. The van der Waals surface area contributed by atoms with Crippen molar-refractivity contribution in [1.82, 2.24) is 24.8 Å². The molecule has 4 rings (SSSR count). The van der Waals surface area contributed by atoms with Crippen molar-refractivity contribution in [3.05, 3.63) is 86.4 Å². The molecule has 0 aromatic carbocycles. The fourth-order valence-corrected chi connectivity index (χ4v) is 4.05. The number of dihydropyridines is 1. The molecule has 0 saturated heterocycles. The first-order valence-corrected chi connectivity index (χ1v) is 12.1. The van der Waals surface area contributed by atoms with Crippen LogP contribution in [0.15, 0.2) is 63.8 Å². The molecule has 0 aliphatic carbocycles. The van der Waals surface area contributed by atoms with Gasteiger partial charge in [0.25, 0.3) is 5.56 Å². The molecule has 8 nitrogen and oxygen atoms in total. The van der Waals surface area contributed by atoms with Gasteiger partial charge >= 0.3 is 0 Å². The molecule has 188 valence electrons. The second kappa shape index (κ2) is 9.59. The third-order valence-corrected chi connectivity index (χ3v) is 6.40. The zero-order chi connectivity index (χ0) is 26.3. The minimum atomic E-state index is -1.88. The van der Waals surface area contributed by atoms with Crippen molar-refractivity contribution in [2.75, 3.05) is 6.61 Å². The number of aryl methyl sites for hydroxylation is 2. The van der Waals surface area contributed by atoms with Crippen LogP contribution in [0.2, 0.25) is 0 Å². The Kier molecular flexibility index (Phi) is 6.85. The first-order valence-electron chi connectivity index (χ1n) is 11.3. The average molecular weight is 556 g/mol. The maximum atomic E-state index is 15.0. The number of nitrogens with zero attached hydrogens (tertiary/aromatic N) is 4. The molecule has 1 unspecified atom stereocenters. The molecule has 1 atom stereocenters. The molecule has 4 heterocycles. The molecule has 36 heavy (non-hydrogen) atoms. The number of ether oxygens (including phenoxy) is 1. The van der Waals surface area contributed by atoms with Gasteiger partial charge in [0, 0.05) is 30.4 Å². The molecule has 3 aromatic rings. The van der Waals surface area contributed by atoms with E-state index in [4.69, 9.17) is 4.74 Å². The van der Waals surface area contributed by atoms with Crippen LogP contribution in [0.3, 0.4) is 0 Å². The smallest absolute Gasteiger partial charge is 0.273 e. The molecule has 10 heteroatoms. The maximum absolute atomic E-state index is 15.0. The lowest BCUT2D eigenvalue weighted by Gasteiger charge is -2.26. The molecule has 0 radical (unpaired) electrons. The Bertz CT molecular complexity index is 1440. The minimum absolute atomic E-state index is 0.173. The Morgan fingerprint density at radius 3 is 2.64 bits per heavy atom. The average Bonchev–Trinajstić information content (AvgIpc) is 2.83. The summed E-state index contributed by atoms with van der Waals surface area (Å²) in [7, 11) is 0. The van der Waals surface area contributed by atoms with Gasteiger partial charge < -0.3 is 15.2 Å². The van der Waals surface area contributed by atoms with Crippen molar-refractivity contribution >= 4 is 15.9 Å². The van der Waals surface area contributed by atoms with Crippen molar-refractivity contribution in [3.63, 3.8) is 0 Å². The third kappa shape index (κ3) is 5.24. The summed E-state index contributed by atoms with van der Waals surface area (Å²) in [6, 6.07) is 5.13. The highest BCUT2D eigenvalue weighted by Crippen LogP contribution is 2.28. The van der Waals surface area contributed by atoms with Crippen LogP contribution in [-0.4, -0.2) is 37.0 Å². The van der Waals surface area contributed by atoms with Gasteiger partial charge in [0.15, 0.2) is 5.82 Å². The molecular formula is C26H27BrFN5O3. The monoisotopic (exact) mass is 555 g/mol. The molecule has 0 fully saturated rings. The number of aliphatic hydroxyl groups is 1. The molecule has 0 saturated carbocycles. The number of hydrogen-bond donors (Lipinski definition) is 2. The zero-order valence-corrected chi connectivity index (χ0v) is 22.2. The fourth-order valence-electron chi connectivity index (χ4n) is 3.64. The van der Waals surface area contributed by atoms with Gasteiger partial charge in [-0.1, -0.05) is 6.08 Å². The largest absolute Gasteiger partial charge is 0.486 e. The SMILES string of the molecule is CC1=CNC(F)(COc2cc(C)n(-c3cc(-c4ccnc(C(C)(C)O)n4)ncc3C)c(=O)c2Br)C=C1. The van der Waals surface area contributed by atoms with Gasteiger partial charge in [0.1, 0.15) is 22.4 Å². The topological polar surface area (TPSA) is 102 Å². The van der Waals surface area contributed by atoms with E-state index in [0.717, 1.165) is 11.1 Å². The summed E-state index contributed by atoms with van der Waals surface area (Å²) >= 11 is 3.34. The first kappa shape index (κ1) is 25.7. The number of halogens is 2. The van der Waals surface area contributed by atoms with Crippen LogP contribution in [0.4, 0.5) is 4.39 Å². The zero-order valence-electron chi connectivity index (χ0n) is 20.6. The second-order valence-corrected chi connectivity index (χ2v) is 10.1. The maximum Gasteiger partial charge on any atom is 0.273 e. The number of rotatable bonds is 6. The van der Waals surface area contributed by atoms with E-state index in [-0.39, 0.29) is 28.2 Å². The summed E-state index contributed by atoms with van der Waals surface area (Å²) < 4.78 is 22.4. The quantitative estimate of drug-likeness (QED) is 0.434. The Balaban J connectivity index is 1.69. The fraction of sp³-hybridized carbons (Fsp3) is 0.308. The number of allylic oxidation sites excluding steroid dienone is 2. The third-order valence-electron chi connectivity index (χ3n) is 5.67. The lowest BCUT2D eigenvalue weighted by Crippen LogP contribution is -2.43. The summed E-state index contributed by atoms with van der Waals surface area (Å²) in [6.45, 7) is 8.37. The minimum Gasteiger partial charge on any atom is -0.486 e. The van der Waals surface area contributed by atoms with Crippen LogP contribution >= 0.6 is 15.9 Å². The molecular weight excluding hydrogens is 529 g/mol. The van der Waals surface area contributed by atoms with Crippen LogP contribution in [0, 0.1) is 13.8 Å². The van der Waals surface area contributed by atoms with Gasteiger partial charge in [-0.25, -0.2) is 14.4 Å². The summed E-state index contributed by atoms with van der Waals surface area (Å²) in [6.07, 6.45) is 7.85. The van der Waals surface area contributed by atoms with Crippen LogP contribution in [0.5, 0.6) is 5.75 Å². The number of aromatic nitrogens is 4. The van der Waals surface area contributed by atoms with Gasteiger partial charge in [-0.05, 0) is 79.9 Å². The van der Waals surface area contributed by atoms with Gasteiger partial charge in [-0.15, -0.1) is 0 Å². The van der Waals surface area contributed by atoms with Crippen molar-refractivity contribution in [2.45, 2.75) is 46.0 Å². The van der Waals surface area contributed by atoms with Gasteiger partial charge in [0.2, 0.25) is 5.79 Å². The van der Waals surface area contributed by atoms with E-state index >= 15 is 0 Å². The van der Waals surface area contributed by atoms with E-state index in [1.165, 1.54) is 10.6 Å². The standard InChI is InChI=1S/C26H27BrFN5O3/c1-15-6-8-26(28,31-12-15)14-36-21-10-17(3)33(23(34)22(21)27)20-11-19(30-13-16(20)2)18-7-9-29-24(32-18)25(4,5)35/h6-13,31,35H,14H2,1-5H3. The lowest BCUT2D eigenvalue weighted by atomic mass is 10.1. The Morgan fingerprint density at radius 2 is 1.97 bits per heavy atom. The van der Waals surface area contributed by atoms with Crippen LogP contribution < -0.4 is 15.6 Å². The van der Waals surface area contributed by atoms with E-state index in [1.807, 2.05) is 13.8 Å². The summed E-state index contributed by atoms with van der Waals surface area (Å²) in [4.78, 5) is 26.4. The van der Waals surface area contributed by atoms with E-state index < -0.39 is 11.4 Å².